The highest BCUT2D eigenvalue weighted by Gasteiger charge is 2.16. The van der Waals surface area contributed by atoms with Gasteiger partial charge in [0.25, 0.3) is 0 Å². The molecule has 2 N–H and O–H groups in total. The van der Waals surface area contributed by atoms with Crippen LogP contribution in [0.5, 0.6) is 0 Å². The maximum atomic E-state index is 6.03. The zero-order chi connectivity index (χ0) is 12.7. The highest BCUT2D eigenvalue weighted by Crippen LogP contribution is 2.27. The standard InChI is InChI=1S/C13H14N4S/c1-8-3-4-11-12(15-8)17(13(14)16-11)9(2)10-5-6-18-7-10/h3-7,9H,1-2H3,(H2,14,16). The van der Waals surface area contributed by atoms with Crippen LogP contribution >= 0.6 is 11.3 Å². The van der Waals surface area contributed by atoms with E-state index in [1.807, 2.05) is 23.6 Å². The number of aromatic nitrogens is 3. The Morgan fingerprint density at radius 3 is 2.83 bits per heavy atom. The first kappa shape index (κ1) is 11.2. The van der Waals surface area contributed by atoms with E-state index in [9.17, 15) is 0 Å². The number of nitrogens with two attached hydrogens (primary N) is 1. The number of hydrogen-bond acceptors (Lipinski definition) is 4. The summed E-state index contributed by atoms with van der Waals surface area (Å²) >= 11 is 1.68. The van der Waals surface area contributed by atoms with Gasteiger partial charge in [-0.3, -0.25) is 4.57 Å². The fourth-order valence-corrected chi connectivity index (χ4v) is 2.88. The summed E-state index contributed by atoms with van der Waals surface area (Å²) in [5, 5.41) is 4.20. The molecule has 0 amide bonds. The van der Waals surface area contributed by atoms with Crippen LogP contribution < -0.4 is 5.73 Å². The molecule has 0 spiro atoms. The molecule has 5 heteroatoms. The topological polar surface area (TPSA) is 56.7 Å². The molecule has 0 radical (unpaired) electrons. The van der Waals surface area contributed by atoms with Gasteiger partial charge in [0.05, 0.1) is 6.04 Å². The summed E-state index contributed by atoms with van der Waals surface area (Å²) in [6, 6.07) is 6.17. The van der Waals surface area contributed by atoms with E-state index in [4.69, 9.17) is 5.73 Å². The lowest BCUT2D eigenvalue weighted by molar-refractivity contribution is 0.664. The second kappa shape index (κ2) is 4.10. The van der Waals surface area contributed by atoms with Gasteiger partial charge in [-0.2, -0.15) is 11.3 Å². The predicted molar refractivity (Wildman–Crippen MR) is 74.8 cm³/mol. The highest BCUT2D eigenvalue weighted by atomic mass is 32.1. The van der Waals surface area contributed by atoms with Crippen molar-refractivity contribution in [3.05, 3.63) is 40.2 Å². The molecule has 3 aromatic heterocycles. The Balaban J connectivity index is 2.22. The van der Waals surface area contributed by atoms with Crippen molar-refractivity contribution in [2.75, 3.05) is 5.73 Å². The van der Waals surface area contributed by atoms with Gasteiger partial charge in [0, 0.05) is 5.69 Å². The van der Waals surface area contributed by atoms with Crippen molar-refractivity contribution in [2.45, 2.75) is 19.9 Å². The highest BCUT2D eigenvalue weighted by molar-refractivity contribution is 7.07. The van der Waals surface area contributed by atoms with Crippen LogP contribution in [0.4, 0.5) is 5.95 Å². The molecule has 18 heavy (non-hydrogen) atoms. The second-order valence-corrected chi connectivity index (χ2v) is 5.15. The molecule has 0 aliphatic heterocycles. The van der Waals surface area contributed by atoms with Crippen molar-refractivity contribution in [2.24, 2.45) is 0 Å². The monoisotopic (exact) mass is 258 g/mol. The van der Waals surface area contributed by atoms with Crippen LogP contribution in [0.3, 0.4) is 0 Å². The van der Waals surface area contributed by atoms with Gasteiger partial charge in [0.2, 0.25) is 5.95 Å². The Morgan fingerprint density at radius 2 is 2.11 bits per heavy atom. The zero-order valence-corrected chi connectivity index (χ0v) is 11.1. The molecule has 1 atom stereocenters. The largest absolute Gasteiger partial charge is 0.369 e. The Bertz CT molecular complexity index is 684. The normalized spacial score (nSPS) is 13.0. The lowest BCUT2D eigenvalue weighted by atomic mass is 10.2. The molecule has 4 nitrogen and oxygen atoms in total. The van der Waals surface area contributed by atoms with Crippen LogP contribution in [0.2, 0.25) is 0 Å². The number of rotatable bonds is 2. The summed E-state index contributed by atoms with van der Waals surface area (Å²) in [7, 11) is 0. The maximum Gasteiger partial charge on any atom is 0.203 e. The maximum absolute atomic E-state index is 6.03. The van der Waals surface area contributed by atoms with E-state index < -0.39 is 0 Å². The molecular formula is C13H14N4S. The molecule has 3 heterocycles. The van der Waals surface area contributed by atoms with E-state index in [0.29, 0.717) is 5.95 Å². The van der Waals surface area contributed by atoms with Crippen LogP contribution in [-0.2, 0) is 0 Å². The molecule has 1 unspecified atom stereocenters. The van der Waals surface area contributed by atoms with Gasteiger partial charge >= 0.3 is 0 Å². The first-order chi connectivity index (χ1) is 8.66. The number of thiophene rings is 1. The van der Waals surface area contributed by atoms with Gasteiger partial charge in [0.15, 0.2) is 5.65 Å². The minimum Gasteiger partial charge on any atom is -0.369 e. The summed E-state index contributed by atoms with van der Waals surface area (Å²) in [6.07, 6.45) is 0. The predicted octanol–water partition coefficient (Wildman–Crippen LogP) is 2.99. The summed E-state index contributed by atoms with van der Waals surface area (Å²) in [5.41, 5.74) is 9.93. The van der Waals surface area contributed by atoms with Gasteiger partial charge in [-0.1, -0.05) is 0 Å². The van der Waals surface area contributed by atoms with Crippen molar-refractivity contribution >= 4 is 28.4 Å². The van der Waals surface area contributed by atoms with Gasteiger partial charge in [-0.25, -0.2) is 9.97 Å². The van der Waals surface area contributed by atoms with Crippen LogP contribution in [0, 0.1) is 6.92 Å². The third kappa shape index (κ3) is 1.67. The van der Waals surface area contributed by atoms with Gasteiger partial charge in [-0.15, -0.1) is 0 Å². The zero-order valence-electron chi connectivity index (χ0n) is 10.3. The molecule has 0 saturated heterocycles. The molecule has 3 aromatic rings. The minimum absolute atomic E-state index is 0.149. The third-order valence-electron chi connectivity index (χ3n) is 3.12. The first-order valence-electron chi connectivity index (χ1n) is 5.80. The van der Waals surface area contributed by atoms with Crippen molar-refractivity contribution in [3.8, 4) is 0 Å². The Morgan fingerprint density at radius 1 is 1.28 bits per heavy atom. The second-order valence-electron chi connectivity index (χ2n) is 4.37. The minimum atomic E-state index is 0.149. The van der Waals surface area contributed by atoms with Crippen LogP contribution in [-0.4, -0.2) is 14.5 Å². The van der Waals surface area contributed by atoms with E-state index in [1.165, 1.54) is 5.56 Å². The van der Waals surface area contributed by atoms with E-state index >= 15 is 0 Å². The van der Waals surface area contributed by atoms with E-state index in [2.05, 4.69) is 33.7 Å². The summed E-state index contributed by atoms with van der Waals surface area (Å²) < 4.78 is 1.99. The number of aryl methyl sites for hydroxylation is 1. The Labute approximate surface area is 109 Å². The molecule has 0 bridgehead atoms. The van der Waals surface area contributed by atoms with E-state index in [-0.39, 0.29) is 6.04 Å². The SMILES string of the molecule is Cc1ccc2nc(N)n(C(C)c3ccsc3)c2n1. The Kier molecular flexibility index (Phi) is 2.56. The van der Waals surface area contributed by atoms with Gasteiger partial charge < -0.3 is 5.73 Å². The van der Waals surface area contributed by atoms with Crippen molar-refractivity contribution in [1.82, 2.24) is 14.5 Å². The molecular weight excluding hydrogens is 244 g/mol. The van der Waals surface area contributed by atoms with Crippen LogP contribution in [0.25, 0.3) is 11.2 Å². The quantitative estimate of drug-likeness (QED) is 0.768. The van der Waals surface area contributed by atoms with Gasteiger partial charge in [0.1, 0.15) is 5.52 Å². The number of fused-ring (bicyclic) bond motifs is 1. The number of pyridine rings is 1. The molecule has 0 saturated carbocycles. The molecule has 92 valence electrons. The smallest absolute Gasteiger partial charge is 0.203 e. The first-order valence-corrected chi connectivity index (χ1v) is 6.74. The summed E-state index contributed by atoms with van der Waals surface area (Å²) in [5.74, 6) is 0.516. The van der Waals surface area contributed by atoms with E-state index in [1.54, 1.807) is 11.3 Å². The lowest BCUT2D eigenvalue weighted by Crippen LogP contribution is -2.10. The van der Waals surface area contributed by atoms with Crippen molar-refractivity contribution in [3.63, 3.8) is 0 Å². The fourth-order valence-electron chi connectivity index (χ4n) is 2.13. The summed E-state index contributed by atoms with van der Waals surface area (Å²) in [4.78, 5) is 8.92. The molecule has 0 aliphatic rings. The molecule has 3 rings (SSSR count). The van der Waals surface area contributed by atoms with E-state index in [0.717, 1.165) is 16.9 Å². The average Bonchev–Trinajstić information content (AvgIpc) is 2.94. The van der Waals surface area contributed by atoms with Crippen molar-refractivity contribution < 1.29 is 0 Å². The average molecular weight is 258 g/mol. The Hall–Kier alpha value is -1.88. The van der Waals surface area contributed by atoms with Crippen molar-refractivity contribution in [1.29, 1.82) is 0 Å². The molecule has 0 aliphatic carbocycles. The number of anilines is 1. The number of hydrogen-bond donors (Lipinski definition) is 1. The fraction of sp³-hybridized carbons (Fsp3) is 0.231. The number of nitrogens with zero attached hydrogens (tertiary/aromatic N) is 3. The van der Waals surface area contributed by atoms with Gasteiger partial charge in [-0.05, 0) is 48.4 Å². The number of nitrogen functional groups attached to an aromatic ring is 1. The van der Waals surface area contributed by atoms with Crippen LogP contribution in [0.15, 0.2) is 29.0 Å². The summed E-state index contributed by atoms with van der Waals surface area (Å²) in [6.45, 7) is 4.09. The van der Waals surface area contributed by atoms with Crippen LogP contribution in [0.1, 0.15) is 24.2 Å². The molecule has 0 fully saturated rings. The third-order valence-corrected chi connectivity index (χ3v) is 3.82. The lowest BCUT2D eigenvalue weighted by Gasteiger charge is -2.14. The molecule has 0 aromatic carbocycles. The number of imidazole rings is 1.